The highest BCUT2D eigenvalue weighted by Crippen LogP contribution is 2.59. The van der Waals surface area contributed by atoms with Crippen LogP contribution in [0.3, 0.4) is 0 Å². The number of amidine groups is 1. The smallest absolute Gasteiger partial charge is 0.122 e. The van der Waals surface area contributed by atoms with Gasteiger partial charge in [0.05, 0.1) is 0 Å². The highest BCUT2D eigenvalue weighted by atomic mass is 14.7. The largest absolute Gasteiger partial charge is 0.384 e. The van der Waals surface area contributed by atoms with Gasteiger partial charge < -0.3 is 5.73 Å². The van der Waals surface area contributed by atoms with E-state index in [-0.39, 0.29) is 5.84 Å². The third kappa shape index (κ3) is 2.80. The van der Waals surface area contributed by atoms with Crippen LogP contribution in [0.4, 0.5) is 0 Å². The molecule has 2 nitrogen and oxygen atoms in total. The van der Waals surface area contributed by atoms with Gasteiger partial charge in [-0.3, -0.25) is 5.41 Å². The minimum atomic E-state index is 0.172. The Morgan fingerprint density at radius 2 is 1.59 bits per heavy atom. The van der Waals surface area contributed by atoms with Crippen LogP contribution in [-0.2, 0) is 5.41 Å². The van der Waals surface area contributed by atoms with Crippen LogP contribution in [0, 0.1) is 10.8 Å². The van der Waals surface area contributed by atoms with Crippen molar-refractivity contribution in [3.8, 4) is 0 Å². The van der Waals surface area contributed by atoms with Gasteiger partial charge in [-0.25, -0.2) is 0 Å². The number of unbranched alkanes of at least 4 members (excludes halogenated alkanes) is 2. The zero-order valence-electron chi connectivity index (χ0n) is 14.0. The number of nitrogen functional groups attached to an aromatic ring is 1. The summed E-state index contributed by atoms with van der Waals surface area (Å²) in [5.74, 6) is 0.172. The van der Waals surface area contributed by atoms with Crippen molar-refractivity contribution in [2.75, 3.05) is 0 Å². The molecule has 3 N–H and O–H groups in total. The van der Waals surface area contributed by atoms with Crippen molar-refractivity contribution in [1.82, 2.24) is 0 Å². The quantitative estimate of drug-likeness (QED) is 0.426. The lowest BCUT2D eigenvalue weighted by Gasteiger charge is -2.54. The number of nitrogens with one attached hydrogen (secondary N) is 1. The predicted molar refractivity (Wildman–Crippen MR) is 93.4 cm³/mol. The first-order chi connectivity index (χ1) is 10.6. The molecule has 0 aromatic heterocycles. The molecule has 0 unspecified atom stereocenters. The van der Waals surface area contributed by atoms with Crippen molar-refractivity contribution >= 4 is 5.84 Å². The SMILES string of the molecule is CCCCCC12CCC(c3ccc(C(=N)N)cc3)(CC1)CC2. The molecule has 22 heavy (non-hydrogen) atoms. The maximum atomic E-state index is 7.54. The summed E-state index contributed by atoms with van der Waals surface area (Å²) < 4.78 is 0. The normalized spacial score (nSPS) is 30.4. The maximum Gasteiger partial charge on any atom is 0.122 e. The molecule has 3 saturated carbocycles. The molecule has 2 bridgehead atoms. The van der Waals surface area contributed by atoms with Crippen LogP contribution in [0.5, 0.6) is 0 Å². The summed E-state index contributed by atoms with van der Waals surface area (Å²) in [6.07, 6.45) is 14.0. The van der Waals surface area contributed by atoms with Gasteiger partial charge in [-0.1, -0.05) is 50.5 Å². The highest BCUT2D eigenvalue weighted by Gasteiger charge is 2.48. The highest BCUT2D eigenvalue weighted by molar-refractivity contribution is 5.94. The molecule has 2 heteroatoms. The van der Waals surface area contributed by atoms with E-state index >= 15 is 0 Å². The van der Waals surface area contributed by atoms with E-state index in [1.807, 2.05) is 12.1 Å². The van der Waals surface area contributed by atoms with Gasteiger partial charge >= 0.3 is 0 Å². The fraction of sp³-hybridized carbons (Fsp3) is 0.650. The lowest BCUT2D eigenvalue weighted by Crippen LogP contribution is -2.44. The molecule has 4 rings (SSSR count). The Bertz CT molecular complexity index is 505. The molecule has 120 valence electrons. The molecule has 0 saturated heterocycles. The van der Waals surface area contributed by atoms with Crippen molar-refractivity contribution in [2.45, 2.75) is 76.5 Å². The van der Waals surface area contributed by atoms with Gasteiger partial charge in [0.15, 0.2) is 0 Å². The molecule has 0 atom stereocenters. The lowest BCUT2D eigenvalue weighted by molar-refractivity contribution is 0.0305. The van der Waals surface area contributed by atoms with Crippen LogP contribution >= 0.6 is 0 Å². The number of benzene rings is 1. The number of rotatable bonds is 6. The maximum absolute atomic E-state index is 7.54. The summed E-state index contributed by atoms with van der Waals surface area (Å²) >= 11 is 0. The zero-order valence-corrected chi connectivity index (χ0v) is 14.0. The second-order valence-electron chi connectivity index (χ2n) is 7.73. The van der Waals surface area contributed by atoms with E-state index in [9.17, 15) is 0 Å². The van der Waals surface area contributed by atoms with E-state index in [0.29, 0.717) is 10.8 Å². The summed E-state index contributed by atoms with van der Waals surface area (Å²) in [6, 6.07) is 8.52. The number of hydrogen-bond acceptors (Lipinski definition) is 1. The summed E-state index contributed by atoms with van der Waals surface area (Å²) in [5.41, 5.74) is 9.00. The third-order valence-electron chi connectivity index (χ3n) is 6.52. The van der Waals surface area contributed by atoms with Crippen molar-refractivity contribution in [1.29, 1.82) is 5.41 Å². The lowest BCUT2D eigenvalue weighted by atomic mass is 9.51. The Kier molecular flexibility index (Phi) is 4.29. The summed E-state index contributed by atoms with van der Waals surface area (Å²) in [5, 5.41) is 7.54. The predicted octanol–water partition coefficient (Wildman–Crippen LogP) is 5.14. The van der Waals surface area contributed by atoms with Crippen LogP contribution in [0.15, 0.2) is 24.3 Å². The van der Waals surface area contributed by atoms with Crippen molar-refractivity contribution < 1.29 is 0 Å². The second kappa shape index (κ2) is 6.06. The molecule has 3 aliphatic carbocycles. The number of nitrogens with two attached hydrogens (primary N) is 1. The van der Waals surface area contributed by atoms with Gasteiger partial charge in [0.25, 0.3) is 0 Å². The molecular weight excluding hydrogens is 268 g/mol. The molecule has 1 aromatic carbocycles. The first kappa shape index (κ1) is 15.6. The molecule has 0 aliphatic heterocycles. The van der Waals surface area contributed by atoms with Gasteiger partial charge in [-0.2, -0.15) is 0 Å². The first-order valence-electron chi connectivity index (χ1n) is 9.04. The fourth-order valence-corrected chi connectivity index (χ4v) is 4.82. The van der Waals surface area contributed by atoms with Gasteiger partial charge in [0.1, 0.15) is 5.84 Å². The molecule has 0 heterocycles. The molecule has 0 spiro atoms. The van der Waals surface area contributed by atoms with Crippen LogP contribution in [-0.4, -0.2) is 5.84 Å². The van der Waals surface area contributed by atoms with Gasteiger partial charge in [0, 0.05) is 5.56 Å². The summed E-state index contributed by atoms with van der Waals surface area (Å²) in [4.78, 5) is 0. The third-order valence-corrected chi connectivity index (χ3v) is 6.52. The average molecular weight is 298 g/mol. The van der Waals surface area contributed by atoms with E-state index in [1.54, 1.807) is 0 Å². The van der Waals surface area contributed by atoms with Gasteiger partial charge in [-0.15, -0.1) is 0 Å². The van der Waals surface area contributed by atoms with E-state index in [1.165, 1.54) is 69.8 Å². The molecule has 1 aromatic rings. The monoisotopic (exact) mass is 298 g/mol. The standard InChI is InChI=1S/C20H30N2/c1-2-3-4-9-19-10-13-20(14-11-19,15-12-19)17-7-5-16(6-8-17)18(21)22/h5-8H,2-4,9-15H2,1H3,(H3,21,22). The van der Waals surface area contributed by atoms with Crippen LogP contribution < -0.4 is 5.73 Å². The number of fused-ring (bicyclic) bond motifs is 3. The average Bonchev–Trinajstić information content (AvgIpc) is 2.57. The topological polar surface area (TPSA) is 49.9 Å². The summed E-state index contributed by atoms with van der Waals surface area (Å²) in [6.45, 7) is 2.30. The number of hydrogen-bond donors (Lipinski definition) is 2. The Labute approximate surface area is 135 Å². The van der Waals surface area contributed by atoms with E-state index in [2.05, 4.69) is 19.1 Å². The van der Waals surface area contributed by atoms with Crippen LogP contribution in [0.2, 0.25) is 0 Å². The van der Waals surface area contributed by atoms with Crippen LogP contribution in [0.25, 0.3) is 0 Å². The molecule has 0 amide bonds. The Hall–Kier alpha value is -1.31. The van der Waals surface area contributed by atoms with Crippen molar-refractivity contribution in [3.05, 3.63) is 35.4 Å². The van der Waals surface area contributed by atoms with Crippen molar-refractivity contribution in [2.24, 2.45) is 11.1 Å². The Morgan fingerprint density at radius 3 is 2.09 bits per heavy atom. The molecule has 3 aliphatic rings. The van der Waals surface area contributed by atoms with E-state index < -0.39 is 0 Å². The molecular formula is C20H30N2. The molecule has 0 radical (unpaired) electrons. The molecule has 3 fully saturated rings. The van der Waals surface area contributed by atoms with Crippen LogP contribution in [0.1, 0.15) is 82.3 Å². The van der Waals surface area contributed by atoms with Crippen molar-refractivity contribution in [3.63, 3.8) is 0 Å². The zero-order chi connectivity index (χ0) is 15.6. The van der Waals surface area contributed by atoms with Gasteiger partial charge in [0.2, 0.25) is 0 Å². The fourth-order valence-electron chi connectivity index (χ4n) is 4.82. The minimum Gasteiger partial charge on any atom is -0.384 e. The first-order valence-corrected chi connectivity index (χ1v) is 9.04. The minimum absolute atomic E-state index is 0.172. The van der Waals surface area contributed by atoms with Gasteiger partial charge in [-0.05, 0) is 61.3 Å². The second-order valence-corrected chi connectivity index (χ2v) is 7.73. The van der Waals surface area contributed by atoms with E-state index in [0.717, 1.165) is 5.56 Å². The Morgan fingerprint density at radius 1 is 1.00 bits per heavy atom. The Balaban J connectivity index is 1.69. The van der Waals surface area contributed by atoms with E-state index in [4.69, 9.17) is 11.1 Å². The summed E-state index contributed by atoms with van der Waals surface area (Å²) in [7, 11) is 0.